The summed E-state index contributed by atoms with van der Waals surface area (Å²) in [6.07, 6.45) is 12.1. The Morgan fingerprint density at radius 3 is 2.21 bits per heavy atom. The summed E-state index contributed by atoms with van der Waals surface area (Å²) >= 11 is 0. The van der Waals surface area contributed by atoms with Crippen molar-refractivity contribution < 1.29 is 19.1 Å². The van der Waals surface area contributed by atoms with Gasteiger partial charge in [0, 0.05) is 38.2 Å². The first-order valence-electron chi connectivity index (χ1n) is 13.0. The molecule has 0 radical (unpaired) electrons. The standard InChI is InChI=1S/C26H41N3O4/c1-3-33-25(32)29-9-6-22(7-10-29)28-23(30)5-4-8-27-24(31)11-18(2)26-15-19-12-20(16-26)14-21(13-19)17-26/h11,19-22H,3-10,12-17H2,1-2H3,(H,27,31)(H,28,30). The van der Waals surface area contributed by atoms with E-state index in [4.69, 9.17) is 4.74 Å². The molecule has 4 aliphatic carbocycles. The van der Waals surface area contributed by atoms with Crippen LogP contribution >= 0.6 is 0 Å². The van der Waals surface area contributed by atoms with Crippen LogP contribution in [0.5, 0.6) is 0 Å². The third-order valence-electron chi connectivity index (χ3n) is 8.49. The van der Waals surface area contributed by atoms with Gasteiger partial charge in [-0.15, -0.1) is 0 Å². The Bertz CT molecular complexity index is 734. The first kappa shape index (κ1) is 24.1. The van der Waals surface area contributed by atoms with Gasteiger partial charge in [-0.2, -0.15) is 0 Å². The van der Waals surface area contributed by atoms with Crippen LogP contribution in [0.4, 0.5) is 4.79 Å². The van der Waals surface area contributed by atoms with E-state index in [0.29, 0.717) is 39.1 Å². The first-order chi connectivity index (χ1) is 15.9. The van der Waals surface area contributed by atoms with E-state index < -0.39 is 0 Å². The Morgan fingerprint density at radius 1 is 1.03 bits per heavy atom. The first-order valence-corrected chi connectivity index (χ1v) is 13.0. The van der Waals surface area contributed by atoms with Gasteiger partial charge in [-0.1, -0.05) is 5.57 Å². The van der Waals surface area contributed by atoms with Gasteiger partial charge in [-0.25, -0.2) is 4.79 Å². The van der Waals surface area contributed by atoms with Gasteiger partial charge in [0.2, 0.25) is 11.8 Å². The number of allylic oxidation sites excluding steroid dienone is 1. The molecule has 1 aliphatic heterocycles. The Labute approximate surface area is 198 Å². The zero-order chi connectivity index (χ0) is 23.4. The quantitative estimate of drug-likeness (QED) is 0.427. The van der Waals surface area contributed by atoms with Gasteiger partial charge in [-0.3, -0.25) is 9.59 Å². The molecule has 0 unspecified atom stereocenters. The summed E-state index contributed by atoms with van der Waals surface area (Å²) in [5, 5.41) is 6.04. The molecule has 0 aromatic rings. The maximum atomic E-state index is 12.5. The monoisotopic (exact) mass is 459 g/mol. The van der Waals surface area contributed by atoms with Crippen molar-refractivity contribution in [2.45, 2.75) is 84.1 Å². The molecule has 5 aliphatic rings. The van der Waals surface area contributed by atoms with E-state index in [2.05, 4.69) is 17.6 Å². The van der Waals surface area contributed by atoms with E-state index in [1.165, 1.54) is 44.1 Å². The smallest absolute Gasteiger partial charge is 0.409 e. The Hall–Kier alpha value is -2.05. The van der Waals surface area contributed by atoms with Crippen LogP contribution < -0.4 is 10.6 Å². The average molecular weight is 460 g/mol. The number of rotatable bonds is 8. The highest BCUT2D eigenvalue weighted by atomic mass is 16.6. The fraction of sp³-hybridized carbons (Fsp3) is 0.808. The molecule has 7 heteroatoms. The van der Waals surface area contributed by atoms with E-state index in [-0.39, 0.29) is 29.4 Å². The molecular weight excluding hydrogens is 418 g/mol. The van der Waals surface area contributed by atoms with Gasteiger partial charge < -0.3 is 20.3 Å². The third-order valence-corrected chi connectivity index (χ3v) is 8.49. The summed E-state index contributed by atoms with van der Waals surface area (Å²) in [4.78, 5) is 38.2. The molecule has 0 spiro atoms. The molecule has 5 fully saturated rings. The van der Waals surface area contributed by atoms with Crippen molar-refractivity contribution in [3.05, 3.63) is 11.6 Å². The van der Waals surface area contributed by atoms with E-state index in [9.17, 15) is 14.4 Å². The van der Waals surface area contributed by atoms with Crippen LogP contribution in [0.3, 0.4) is 0 Å². The lowest BCUT2D eigenvalue weighted by atomic mass is 9.48. The highest BCUT2D eigenvalue weighted by Crippen LogP contribution is 2.62. The van der Waals surface area contributed by atoms with Crippen LogP contribution in [0.25, 0.3) is 0 Å². The summed E-state index contributed by atoms with van der Waals surface area (Å²) in [7, 11) is 0. The molecule has 33 heavy (non-hydrogen) atoms. The van der Waals surface area contributed by atoms with Crippen molar-refractivity contribution >= 4 is 17.9 Å². The number of ether oxygens (including phenoxy) is 1. The lowest BCUT2D eigenvalue weighted by Gasteiger charge is -2.57. The largest absolute Gasteiger partial charge is 0.450 e. The minimum Gasteiger partial charge on any atom is -0.450 e. The van der Waals surface area contributed by atoms with Gasteiger partial charge in [0.15, 0.2) is 0 Å². The number of nitrogens with one attached hydrogen (secondary N) is 2. The summed E-state index contributed by atoms with van der Waals surface area (Å²) < 4.78 is 5.03. The SMILES string of the molecule is CCOC(=O)N1CCC(NC(=O)CCCNC(=O)C=C(C)C23CC4CC(CC(C4)C2)C3)CC1. The lowest BCUT2D eigenvalue weighted by molar-refractivity contribution is -0.122. The normalized spacial score (nSPS) is 31.4. The highest BCUT2D eigenvalue weighted by molar-refractivity contribution is 5.88. The van der Waals surface area contributed by atoms with Crippen LogP contribution in [-0.4, -0.2) is 55.1 Å². The van der Waals surface area contributed by atoms with Crippen molar-refractivity contribution in [1.82, 2.24) is 15.5 Å². The average Bonchev–Trinajstić information content (AvgIpc) is 2.76. The van der Waals surface area contributed by atoms with Crippen LogP contribution in [-0.2, 0) is 14.3 Å². The van der Waals surface area contributed by atoms with Crippen molar-refractivity contribution in [3.8, 4) is 0 Å². The molecule has 7 nitrogen and oxygen atoms in total. The Kier molecular flexibility index (Phi) is 7.65. The molecule has 1 saturated heterocycles. The molecule has 0 atom stereocenters. The topological polar surface area (TPSA) is 87.7 Å². The van der Waals surface area contributed by atoms with Gasteiger partial charge in [0.25, 0.3) is 0 Å². The highest BCUT2D eigenvalue weighted by Gasteiger charge is 2.51. The number of hydrogen-bond donors (Lipinski definition) is 2. The number of likely N-dealkylation sites (tertiary alicyclic amines) is 1. The molecule has 0 aromatic carbocycles. The number of carbonyl (C=O) groups excluding carboxylic acids is 3. The number of hydrogen-bond acceptors (Lipinski definition) is 4. The third kappa shape index (κ3) is 5.90. The molecule has 184 valence electrons. The van der Waals surface area contributed by atoms with Crippen molar-refractivity contribution in [2.24, 2.45) is 23.2 Å². The second-order valence-corrected chi connectivity index (χ2v) is 10.9. The van der Waals surface area contributed by atoms with Crippen molar-refractivity contribution in [1.29, 1.82) is 0 Å². The van der Waals surface area contributed by atoms with Gasteiger partial charge in [0.05, 0.1) is 6.61 Å². The number of piperidine rings is 1. The van der Waals surface area contributed by atoms with Crippen molar-refractivity contribution in [3.63, 3.8) is 0 Å². The second kappa shape index (κ2) is 10.5. The van der Waals surface area contributed by atoms with Crippen LogP contribution in [0.15, 0.2) is 11.6 Å². The molecule has 3 amide bonds. The summed E-state index contributed by atoms with van der Waals surface area (Å²) in [6, 6.07) is 0.101. The predicted octanol–water partition coefficient (Wildman–Crippen LogP) is 3.78. The van der Waals surface area contributed by atoms with Crippen LogP contribution in [0.2, 0.25) is 0 Å². The van der Waals surface area contributed by atoms with E-state index in [1.54, 1.807) is 11.8 Å². The van der Waals surface area contributed by atoms with Gasteiger partial charge >= 0.3 is 6.09 Å². The molecule has 4 bridgehead atoms. The Morgan fingerprint density at radius 2 is 1.64 bits per heavy atom. The van der Waals surface area contributed by atoms with Crippen molar-refractivity contribution in [2.75, 3.05) is 26.2 Å². The van der Waals surface area contributed by atoms with Crippen LogP contribution in [0.1, 0.15) is 78.1 Å². The van der Waals surface area contributed by atoms with Crippen LogP contribution in [0, 0.1) is 23.2 Å². The minimum atomic E-state index is -0.273. The minimum absolute atomic E-state index is 0.0131. The summed E-state index contributed by atoms with van der Waals surface area (Å²) in [5.74, 6) is 2.62. The Balaban J connectivity index is 1.12. The fourth-order valence-electron chi connectivity index (χ4n) is 7.18. The van der Waals surface area contributed by atoms with E-state index in [0.717, 1.165) is 30.6 Å². The molecule has 5 rings (SSSR count). The fourth-order valence-corrected chi connectivity index (χ4v) is 7.18. The molecule has 2 N–H and O–H groups in total. The molecular formula is C26H41N3O4. The van der Waals surface area contributed by atoms with Gasteiger partial charge in [0.1, 0.15) is 0 Å². The molecule has 1 heterocycles. The summed E-state index contributed by atoms with van der Waals surface area (Å²) in [5.41, 5.74) is 1.54. The number of amides is 3. The van der Waals surface area contributed by atoms with E-state index >= 15 is 0 Å². The maximum absolute atomic E-state index is 12.5. The van der Waals surface area contributed by atoms with E-state index in [1.807, 2.05) is 6.08 Å². The molecule has 4 saturated carbocycles. The predicted molar refractivity (Wildman–Crippen MR) is 126 cm³/mol. The second-order valence-electron chi connectivity index (χ2n) is 10.9. The molecule has 0 aromatic heterocycles. The van der Waals surface area contributed by atoms with Gasteiger partial charge in [-0.05, 0) is 94.8 Å². The maximum Gasteiger partial charge on any atom is 0.409 e. The number of carbonyl (C=O) groups is 3. The number of nitrogens with zero attached hydrogens (tertiary/aromatic N) is 1. The lowest BCUT2D eigenvalue weighted by Crippen LogP contribution is -2.46. The zero-order valence-electron chi connectivity index (χ0n) is 20.4. The summed E-state index contributed by atoms with van der Waals surface area (Å²) in [6.45, 7) is 6.06. The zero-order valence-corrected chi connectivity index (χ0v) is 20.4.